The van der Waals surface area contributed by atoms with Crippen LogP contribution in [0.2, 0.25) is 0 Å². The van der Waals surface area contributed by atoms with E-state index in [1.165, 1.54) is 0 Å². The van der Waals surface area contributed by atoms with Crippen LogP contribution in [0.3, 0.4) is 0 Å². The number of nitrogens with one attached hydrogen (secondary N) is 1. The van der Waals surface area contributed by atoms with E-state index in [0.29, 0.717) is 17.4 Å². The fraction of sp³-hybridized carbons (Fsp3) is 0.600. The second kappa shape index (κ2) is 6.59. The highest BCUT2D eigenvalue weighted by Crippen LogP contribution is 2.25. The van der Waals surface area contributed by atoms with Crippen molar-refractivity contribution in [3.05, 3.63) is 24.3 Å². The van der Waals surface area contributed by atoms with Crippen LogP contribution in [0, 0.1) is 0 Å². The Morgan fingerprint density at radius 1 is 1.25 bits per heavy atom. The molecular weight excluding hydrogens is 272 g/mol. The van der Waals surface area contributed by atoms with Crippen LogP contribution in [-0.4, -0.2) is 45.2 Å². The van der Waals surface area contributed by atoms with E-state index in [-0.39, 0.29) is 5.75 Å². The molecule has 0 saturated carbocycles. The van der Waals surface area contributed by atoms with E-state index >= 15 is 0 Å². The first kappa shape index (κ1) is 15.3. The van der Waals surface area contributed by atoms with Gasteiger partial charge in [-0.15, -0.1) is 0 Å². The van der Waals surface area contributed by atoms with Crippen molar-refractivity contribution in [3.8, 4) is 0 Å². The van der Waals surface area contributed by atoms with Gasteiger partial charge in [-0.25, -0.2) is 8.42 Å². The summed E-state index contributed by atoms with van der Waals surface area (Å²) in [6.45, 7) is 4.01. The molecule has 1 saturated heterocycles. The van der Waals surface area contributed by atoms with Gasteiger partial charge in [0.05, 0.1) is 16.3 Å². The van der Waals surface area contributed by atoms with E-state index in [0.717, 1.165) is 31.6 Å². The first-order valence-corrected chi connectivity index (χ1v) is 8.95. The Hall–Kier alpha value is -1.07. The molecule has 1 fully saturated rings. The standard InChI is InChI=1S/C15H24N2O2S/c1-3-12-20(18,19)15-7-5-4-6-14(15)16-13-8-10-17(2)11-9-13/h4-7,13,16H,3,8-12H2,1-2H3. The van der Waals surface area contributed by atoms with Crippen molar-refractivity contribution in [3.63, 3.8) is 0 Å². The van der Waals surface area contributed by atoms with E-state index in [1.807, 2.05) is 19.1 Å². The molecule has 0 bridgehead atoms. The molecule has 0 aliphatic carbocycles. The lowest BCUT2D eigenvalue weighted by molar-refractivity contribution is 0.264. The predicted octanol–water partition coefficient (Wildman–Crippen LogP) is 2.38. The topological polar surface area (TPSA) is 49.4 Å². The average Bonchev–Trinajstić information content (AvgIpc) is 2.42. The summed E-state index contributed by atoms with van der Waals surface area (Å²) >= 11 is 0. The molecule has 1 heterocycles. The highest BCUT2D eigenvalue weighted by molar-refractivity contribution is 7.91. The molecule has 5 heteroatoms. The Kier molecular flexibility index (Phi) is 5.05. The van der Waals surface area contributed by atoms with Gasteiger partial charge in [0, 0.05) is 6.04 Å². The van der Waals surface area contributed by atoms with Crippen LogP contribution in [0.25, 0.3) is 0 Å². The molecule has 2 rings (SSSR count). The summed E-state index contributed by atoms with van der Waals surface area (Å²) in [4.78, 5) is 2.75. The van der Waals surface area contributed by atoms with E-state index in [9.17, 15) is 8.42 Å². The molecule has 0 aromatic heterocycles. The number of sulfone groups is 1. The highest BCUT2D eigenvalue weighted by Gasteiger charge is 2.21. The van der Waals surface area contributed by atoms with Gasteiger partial charge in [-0.05, 0) is 51.5 Å². The molecule has 1 aromatic rings. The van der Waals surface area contributed by atoms with Crippen molar-refractivity contribution < 1.29 is 8.42 Å². The smallest absolute Gasteiger partial charge is 0.180 e. The third-order valence-corrected chi connectivity index (χ3v) is 5.74. The molecule has 4 nitrogen and oxygen atoms in total. The fourth-order valence-electron chi connectivity index (χ4n) is 2.61. The molecule has 112 valence electrons. The maximum absolute atomic E-state index is 12.3. The van der Waals surface area contributed by atoms with Crippen LogP contribution in [0.1, 0.15) is 26.2 Å². The van der Waals surface area contributed by atoms with Crippen molar-refractivity contribution in [2.75, 3.05) is 31.2 Å². The molecule has 1 aromatic carbocycles. The molecule has 1 N–H and O–H groups in total. The van der Waals surface area contributed by atoms with Crippen LogP contribution in [0.4, 0.5) is 5.69 Å². The van der Waals surface area contributed by atoms with Gasteiger partial charge in [0.15, 0.2) is 9.84 Å². The summed E-state index contributed by atoms with van der Waals surface area (Å²) in [5.74, 6) is 0.207. The van der Waals surface area contributed by atoms with Crippen LogP contribution >= 0.6 is 0 Å². The maximum atomic E-state index is 12.3. The summed E-state index contributed by atoms with van der Waals surface area (Å²) in [5.41, 5.74) is 0.760. The molecule has 0 amide bonds. The average molecular weight is 296 g/mol. The Labute approximate surface area is 122 Å². The van der Waals surface area contributed by atoms with Gasteiger partial charge in [-0.1, -0.05) is 19.1 Å². The van der Waals surface area contributed by atoms with Crippen molar-refractivity contribution in [2.24, 2.45) is 0 Å². The van der Waals surface area contributed by atoms with Gasteiger partial charge in [0.1, 0.15) is 0 Å². The maximum Gasteiger partial charge on any atom is 0.180 e. The number of rotatable bonds is 5. The Bertz CT molecular complexity index is 535. The number of hydrogen-bond acceptors (Lipinski definition) is 4. The number of anilines is 1. The number of para-hydroxylation sites is 1. The molecule has 0 unspecified atom stereocenters. The van der Waals surface area contributed by atoms with Crippen molar-refractivity contribution in [2.45, 2.75) is 37.1 Å². The van der Waals surface area contributed by atoms with Gasteiger partial charge in [0.25, 0.3) is 0 Å². The van der Waals surface area contributed by atoms with Crippen LogP contribution in [0.5, 0.6) is 0 Å². The predicted molar refractivity (Wildman–Crippen MR) is 82.9 cm³/mol. The molecular formula is C15H24N2O2S. The zero-order valence-electron chi connectivity index (χ0n) is 12.3. The van der Waals surface area contributed by atoms with Crippen LogP contribution in [-0.2, 0) is 9.84 Å². The lowest BCUT2D eigenvalue weighted by Crippen LogP contribution is -2.37. The van der Waals surface area contributed by atoms with E-state index < -0.39 is 9.84 Å². The van der Waals surface area contributed by atoms with E-state index in [4.69, 9.17) is 0 Å². The van der Waals surface area contributed by atoms with Gasteiger partial charge >= 0.3 is 0 Å². The number of benzene rings is 1. The fourth-order valence-corrected chi connectivity index (χ4v) is 4.11. The monoisotopic (exact) mass is 296 g/mol. The third kappa shape index (κ3) is 3.73. The first-order chi connectivity index (χ1) is 9.53. The SMILES string of the molecule is CCCS(=O)(=O)c1ccccc1NC1CCN(C)CC1. The molecule has 1 aliphatic rings. The van der Waals surface area contributed by atoms with Gasteiger partial charge in [-0.3, -0.25) is 0 Å². The molecule has 0 spiro atoms. The number of likely N-dealkylation sites (tertiary alicyclic amines) is 1. The zero-order valence-corrected chi connectivity index (χ0v) is 13.1. The Balaban J connectivity index is 2.16. The molecule has 1 aliphatic heterocycles. The minimum absolute atomic E-state index is 0.207. The van der Waals surface area contributed by atoms with Crippen molar-refractivity contribution >= 4 is 15.5 Å². The van der Waals surface area contributed by atoms with Crippen molar-refractivity contribution in [1.82, 2.24) is 4.90 Å². The Morgan fingerprint density at radius 3 is 2.55 bits per heavy atom. The zero-order chi connectivity index (χ0) is 14.6. The van der Waals surface area contributed by atoms with Gasteiger partial charge in [0.2, 0.25) is 0 Å². The second-order valence-electron chi connectivity index (χ2n) is 5.54. The van der Waals surface area contributed by atoms with Crippen LogP contribution in [0.15, 0.2) is 29.2 Å². The number of hydrogen-bond donors (Lipinski definition) is 1. The summed E-state index contributed by atoms with van der Waals surface area (Å²) in [6, 6.07) is 7.64. The first-order valence-electron chi connectivity index (χ1n) is 7.30. The van der Waals surface area contributed by atoms with Crippen LogP contribution < -0.4 is 5.32 Å². The third-order valence-electron chi connectivity index (χ3n) is 3.77. The molecule has 0 atom stereocenters. The second-order valence-corrected chi connectivity index (χ2v) is 7.61. The number of nitrogens with zero attached hydrogens (tertiary/aromatic N) is 1. The quantitative estimate of drug-likeness (QED) is 0.906. The minimum atomic E-state index is -3.18. The van der Waals surface area contributed by atoms with E-state index in [2.05, 4.69) is 17.3 Å². The normalized spacial score (nSPS) is 18.1. The summed E-state index contributed by atoms with van der Waals surface area (Å²) in [5, 5.41) is 3.43. The van der Waals surface area contributed by atoms with Gasteiger partial charge in [-0.2, -0.15) is 0 Å². The summed E-state index contributed by atoms with van der Waals surface area (Å²) in [7, 11) is -1.05. The lowest BCUT2D eigenvalue weighted by Gasteiger charge is -2.30. The molecule has 0 radical (unpaired) electrons. The van der Waals surface area contributed by atoms with Gasteiger partial charge < -0.3 is 10.2 Å². The van der Waals surface area contributed by atoms with Crippen molar-refractivity contribution in [1.29, 1.82) is 0 Å². The summed E-state index contributed by atoms with van der Waals surface area (Å²) in [6.07, 6.45) is 2.75. The van der Waals surface area contributed by atoms with E-state index in [1.54, 1.807) is 12.1 Å². The summed E-state index contributed by atoms with van der Waals surface area (Å²) < 4.78 is 24.6. The lowest BCUT2D eigenvalue weighted by atomic mass is 10.1. The highest BCUT2D eigenvalue weighted by atomic mass is 32.2. The minimum Gasteiger partial charge on any atom is -0.381 e. The molecule has 20 heavy (non-hydrogen) atoms. The Morgan fingerprint density at radius 2 is 1.90 bits per heavy atom. The number of piperidine rings is 1. The largest absolute Gasteiger partial charge is 0.381 e.